The molecule has 28 heavy (non-hydrogen) atoms. The highest BCUT2D eigenvalue weighted by molar-refractivity contribution is 5.83. The molecule has 5 nitrogen and oxygen atoms in total. The second-order valence-electron chi connectivity index (χ2n) is 8.32. The van der Waals surface area contributed by atoms with Gasteiger partial charge in [0.15, 0.2) is 0 Å². The third-order valence-corrected chi connectivity index (χ3v) is 6.01. The summed E-state index contributed by atoms with van der Waals surface area (Å²) in [5.74, 6) is 0.954. The van der Waals surface area contributed by atoms with Gasteiger partial charge in [-0.1, -0.05) is 40.0 Å². The molecule has 2 fully saturated rings. The fourth-order valence-electron chi connectivity index (χ4n) is 3.88. The molecule has 0 aromatic heterocycles. The first-order valence-electron chi connectivity index (χ1n) is 11.6. The van der Waals surface area contributed by atoms with Crippen LogP contribution in [-0.2, 0) is 14.3 Å². The minimum Gasteiger partial charge on any atom is -0.396 e. The van der Waals surface area contributed by atoms with Gasteiger partial charge in [-0.2, -0.15) is 0 Å². The molecule has 5 heteroatoms. The molecule has 1 aliphatic heterocycles. The lowest BCUT2D eigenvalue weighted by Gasteiger charge is -2.32. The number of ether oxygens (including phenoxy) is 1. The van der Waals surface area contributed by atoms with Crippen molar-refractivity contribution < 1.29 is 19.4 Å². The van der Waals surface area contributed by atoms with Crippen LogP contribution in [0.25, 0.3) is 0 Å². The molecule has 1 N–H and O–H groups in total. The molecule has 2 aliphatic rings. The number of amides is 1. The third-order valence-electron chi connectivity index (χ3n) is 6.01. The summed E-state index contributed by atoms with van der Waals surface area (Å²) in [6.45, 7) is 8.53. The van der Waals surface area contributed by atoms with Crippen LogP contribution >= 0.6 is 0 Å². The van der Waals surface area contributed by atoms with E-state index in [0.29, 0.717) is 31.5 Å². The normalized spacial score (nSPS) is 19.6. The molecule has 1 saturated carbocycles. The molecule has 164 valence electrons. The smallest absolute Gasteiger partial charge is 0.222 e. The van der Waals surface area contributed by atoms with Crippen LogP contribution in [0.15, 0.2) is 0 Å². The fourth-order valence-corrected chi connectivity index (χ4v) is 3.88. The van der Waals surface area contributed by atoms with Crippen molar-refractivity contribution in [2.45, 2.75) is 97.5 Å². The predicted octanol–water partition coefficient (Wildman–Crippen LogP) is 4.36. The number of hydrogen-bond acceptors (Lipinski definition) is 4. The molecular weight excluding hydrogens is 354 g/mol. The maximum atomic E-state index is 12.3. The first kappa shape index (κ1) is 25.1. The molecule has 1 amide bonds. The van der Waals surface area contributed by atoms with Gasteiger partial charge in [-0.25, -0.2) is 0 Å². The fraction of sp³-hybridized carbons (Fsp3) is 0.913. The molecule has 1 saturated heterocycles. The van der Waals surface area contributed by atoms with E-state index in [0.717, 1.165) is 45.2 Å². The van der Waals surface area contributed by atoms with E-state index in [1.807, 2.05) is 18.7 Å². The van der Waals surface area contributed by atoms with Gasteiger partial charge < -0.3 is 14.7 Å². The lowest BCUT2D eigenvalue weighted by atomic mass is 9.85. The summed E-state index contributed by atoms with van der Waals surface area (Å²) >= 11 is 0. The maximum Gasteiger partial charge on any atom is 0.222 e. The zero-order valence-electron chi connectivity index (χ0n) is 18.5. The number of piperidine rings is 1. The summed E-state index contributed by atoms with van der Waals surface area (Å²) in [6, 6.07) is 0. The molecule has 0 bridgehead atoms. The quantitative estimate of drug-likeness (QED) is 0.587. The van der Waals surface area contributed by atoms with E-state index in [1.54, 1.807) is 0 Å². The highest BCUT2D eigenvalue weighted by Crippen LogP contribution is 2.23. The number of likely N-dealkylation sites (tertiary alicyclic amines) is 1. The Labute approximate surface area is 172 Å². The van der Waals surface area contributed by atoms with Crippen LogP contribution in [0.1, 0.15) is 91.4 Å². The topological polar surface area (TPSA) is 66.8 Å². The Morgan fingerprint density at radius 2 is 1.68 bits per heavy atom. The lowest BCUT2D eigenvalue weighted by molar-refractivity contribution is -0.136. The van der Waals surface area contributed by atoms with E-state index >= 15 is 0 Å². The van der Waals surface area contributed by atoms with Crippen LogP contribution in [0.3, 0.4) is 0 Å². The average Bonchev–Trinajstić information content (AvgIpc) is 2.76. The molecule has 1 unspecified atom stereocenters. The van der Waals surface area contributed by atoms with Gasteiger partial charge in [0, 0.05) is 44.6 Å². The lowest BCUT2D eigenvalue weighted by Crippen LogP contribution is -2.41. The Morgan fingerprint density at radius 3 is 2.21 bits per heavy atom. The molecule has 0 aromatic rings. The van der Waals surface area contributed by atoms with Crippen molar-refractivity contribution >= 4 is 11.7 Å². The second kappa shape index (κ2) is 15.0. The Hall–Kier alpha value is -0.940. The van der Waals surface area contributed by atoms with Gasteiger partial charge in [0.1, 0.15) is 5.78 Å². The molecule has 1 atom stereocenters. The van der Waals surface area contributed by atoms with E-state index in [2.05, 4.69) is 6.92 Å². The third kappa shape index (κ3) is 9.51. The Morgan fingerprint density at radius 1 is 1.07 bits per heavy atom. The van der Waals surface area contributed by atoms with Gasteiger partial charge in [-0.05, 0) is 44.9 Å². The number of aliphatic hydroxyl groups excluding tert-OH is 1. The van der Waals surface area contributed by atoms with E-state index in [4.69, 9.17) is 9.84 Å². The van der Waals surface area contributed by atoms with Crippen LogP contribution in [0.2, 0.25) is 0 Å². The van der Waals surface area contributed by atoms with Crippen molar-refractivity contribution in [2.75, 3.05) is 26.3 Å². The summed E-state index contributed by atoms with van der Waals surface area (Å²) in [6.07, 6.45) is 11.6. The zero-order chi connectivity index (χ0) is 20.8. The number of carbonyl (C=O) groups excluding carboxylic acids is 2. The van der Waals surface area contributed by atoms with E-state index in [1.165, 1.54) is 32.1 Å². The summed E-state index contributed by atoms with van der Waals surface area (Å²) in [7, 11) is 0. The van der Waals surface area contributed by atoms with Gasteiger partial charge in [-0.15, -0.1) is 0 Å². The van der Waals surface area contributed by atoms with Crippen molar-refractivity contribution in [3.63, 3.8) is 0 Å². The number of hydrogen-bond donors (Lipinski definition) is 1. The standard InChI is InChI=1S/C20H35NO3.C3H8O/c1-3-16(2)20(23)17-11-13-21(14-12-17)19(22)10-7-15-24-18-8-5-4-6-9-18;1-2-3-4/h16-18H,3-15H2,1-2H3;4H,2-3H2,1H3. The average molecular weight is 398 g/mol. The van der Waals surface area contributed by atoms with Gasteiger partial charge in [0.2, 0.25) is 5.91 Å². The first-order chi connectivity index (χ1) is 13.5. The Bertz CT molecular complexity index is 424. The van der Waals surface area contributed by atoms with Crippen LogP contribution in [0.5, 0.6) is 0 Å². The van der Waals surface area contributed by atoms with Crippen molar-refractivity contribution in [3.8, 4) is 0 Å². The van der Waals surface area contributed by atoms with E-state index in [-0.39, 0.29) is 17.7 Å². The van der Waals surface area contributed by atoms with Crippen molar-refractivity contribution in [1.29, 1.82) is 0 Å². The van der Waals surface area contributed by atoms with Crippen LogP contribution in [0, 0.1) is 11.8 Å². The van der Waals surface area contributed by atoms with Crippen molar-refractivity contribution in [3.05, 3.63) is 0 Å². The molecule has 0 radical (unpaired) electrons. The molecule has 0 aromatic carbocycles. The van der Waals surface area contributed by atoms with E-state index < -0.39 is 0 Å². The number of ketones is 1. The van der Waals surface area contributed by atoms with Crippen molar-refractivity contribution in [2.24, 2.45) is 11.8 Å². The number of aliphatic hydroxyl groups is 1. The van der Waals surface area contributed by atoms with Crippen LogP contribution in [0.4, 0.5) is 0 Å². The highest BCUT2D eigenvalue weighted by atomic mass is 16.5. The van der Waals surface area contributed by atoms with Gasteiger partial charge in [0.05, 0.1) is 6.10 Å². The first-order valence-corrected chi connectivity index (χ1v) is 11.6. The van der Waals surface area contributed by atoms with Gasteiger partial charge in [0.25, 0.3) is 0 Å². The number of rotatable bonds is 9. The predicted molar refractivity (Wildman–Crippen MR) is 113 cm³/mol. The van der Waals surface area contributed by atoms with Crippen LogP contribution < -0.4 is 0 Å². The maximum absolute atomic E-state index is 12.3. The number of Topliss-reactive ketones (excluding diaryl/α,β-unsaturated/α-hetero) is 1. The highest BCUT2D eigenvalue weighted by Gasteiger charge is 2.28. The molecule has 1 aliphatic carbocycles. The molecule has 2 rings (SSSR count). The van der Waals surface area contributed by atoms with E-state index in [9.17, 15) is 9.59 Å². The Kier molecular flexibility index (Phi) is 13.4. The number of nitrogens with zero attached hydrogens (tertiary/aromatic N) is 1. The monoisotopic (exact) mass is 397 g/mol. The molecule has 0 spiro atoms. The Balaban J connectivity index is 0.000000892. The number of carbonyl (C=O) groups is 2. The van der Waals surface area contributed by atoms with Gasteiger partial charge >= 0.3 is 0 Å². The minimum atomic E-state index is 0.161. The van der Waals surface area contributed by atoms with Crippen LogP contribution in [-0.4, -0.2) is 54.1 Å². The van der Waals surface area contributed by atoms with Gasteiger partial charge in [-0.3, -0.25) is 9.59 Å². The summed E-state index contributed by atoms with van der Waals surface area (Å²) < 4.78 is 5.89. The summed E-state index contributed by atoms with van der Waals surface area (Å²) in [5, 5.41) is 7.88. The van der Waals surface area contributed by atoms with Crippen molar-refractivity contribution in [1.82, 2.24) is 4.90 Å². The second-order valence-corrected chi connectivity index (χ2v) is 8.32. The SMILES string of the molecule is CCC(C)C(=O)C1CCN(C(=O)CCCOC2CCCCC2)CC1.CCCO. The molecular formula is C23H43NO4. The molecule has 1 heterocycles. The largest absolute Gasteiger partial charge is 0.396 e. The minimum absolute atomic E-state index is 0.161. The summed E-state index contributed by atoms with van der Waals surface area (Å²) in [5.41, 5.74) is 0. The summed E-state index contributed by atoms with van der Waals surface area (Å²) in [4.78, 5) is 26.5. The zero-order valence-corrected chi connectivity index (χ0v) is 18.5.